The average molecular weight is 385 g/mol. The third-order valence-corrected chi connectivity index (χ3v) is 5.98. The Balaban J connectivity index is 1.79. The Morgan fingerprint density at radius 2 is 1.52 bits per heavy atom. The Labute approximate surface area is 167 Å². The van der Waals surface area contributed by atoms with Gasteiger partial charge in [-0.1, -0.05) is 74.8 Å². The maximum Gasteiger partial charge on any atom is 0.228 e. The van der Waals surface area contributed by atoms with Crippen LogP contribution >= 0.6 is 11.6 Å². The smallest absolute Gasteiger partial charge is 0.228 e. The fraction of sp³-hybridized carbons (Fsp3) is 0.435. The van der Waals surface area contributed by atoms with E-state index in [4.69, 9.17) is 11.6 Å². The molecule has 1 saturated heterocycles. The number of rotatable bonds is 5. The van der Waals surface area contributed by atoms with Crippen molar-refractivity contribution < 1.29 is 4.79 Å². The van der Waals surface area contributed by atoms with Crippen LogP contribution in [0.3, 0.4) is 0 Å². The van der Waals surface area contributed by atoms with Gasteiger partial charge in [0.2, 0.25) is 5.91 Å². The van der Waals surface area contributed by atoms with E-state index in [2.05, 4.69) is 48.2 Å². The van der Waals surface area contributed by atoms with E-state index in [1.165, 1.54) is 11.1 Å². The van der Waals surface area contributed by atoms with E-state index in [9.17, 15) is 4.79 Å². The van der Waals surface area contributed by atoms with Gasteiger partial charge < -0.3 is 4.90 Å². The van der Waals surface area contributed by atoms with Crippen LogP contribution in [-0.4, -0.2) is 41.9 Å². The van der Waals surface area contributed by atoms with Crippen molar-refractivity contribution in [1.29, 1.82) is 0 Å². The first-order valence-electron chi connectivity index (χ1n) is 9.76. The van der Waals surface area contributed by atoms with Crippen molar-refractivity contribution in [1.82, 2.24) is 9.80 Å². The highest BCUT2D eigenvalue weighted by Gasteiger charge is 2.34. The minimum Gasteiger partial charge on any atom is -0.340 e. The van der Waals surface area contributed by atoms with Gasteiger partial charge >= 0.3 is 0 Å². The third kappa shape index (κ3) is 4.53. The molecule has 1 amide bonds. The second-order valence-electron chi connectivity index (χ2n) is 7.93. The van der Waals surface area contributed by atoms with Crippen molar-refractivity contribution in [2.75, 3.05) is 26.2 Å². The topological polar surface area (TPSA) is 23.6 Å². The van der Waals surface area contributed by atoms with Gasteiger partial charge in [-0.3, -0.25) is 9.69 Å². The monoisotopic (exact) mass is 384 g/mol. The van der Waals surface area contributed by atoms with Crippen molar-refractivity contribution in [3.63, 3.8) is 0 Å². The summed E-state index contributed by atoms with van der Waals surface area (Å²) >= 11 is 6.10. The summed E-state index contributed by atoms with van der Waals surface area (Å²) in [6.07, 6.45) is 0.865. The zero-order valence-corrected chi connectivity index (χ0v) is 17.2. The minimum absolute atomic E-state index is 0.180. The molecule has 3 nitrogen and oxygen atoms in total. The van der Waals surface area contributed by atoms with Gasteiger partial charge in [0.15, 0.2) is 0 Å². The Bertz CT molecular complexity index is 750. The minimum atomic E-state index is -0.281. The Kier molecular flexibility index (Phi) is 6.23. The summed E-state index contributed by atoms with van der Waals surface area (Å²) in [7, 11) is 0. The molecule has 1 fully saturated rings. The van der Waals surface area contributed by atoms with Crippen LogP contribution in [0, 0.1) is 5.41 Å². The molecule has 0 aliphatic carbocycles. The van der Waals surface area contributed by atoms with E-state index in [0.717, 1.165) is 37.6 Å². The van der Waals surface area contributed by atoms with Gasteiger partial charge in [-0.15, -0.1) is 0 Å². The lowest BCUT2D eigenvalue weighted by molar-refractivity contribution is -0.142. The second kappa shape index (κ2) is 8.45. The van der Waals surface area contributed by atoms with Crippen molar-refractivity contribution in [2.45, 2.75) is 33.2 Å². The third-order valence-electron chi connectivity index (χ3n) is 5.73. The molecule has 2 aromatic carbocycles. The highest BCUT2D eigenvalue weighted by molar-refractivity contribution is 6.30. The first-order valence-corrected chi connectivity index (χ1v) is 10.1. The maximum atomic E-state index is 12.8. The molecule has 0 spiro atoms. The Hall–Kier alpha value is -1.84. The lowest BCUT2D eigenvalue weighted by Crippen LogP contribution is -2.52. The molecule has 1 aliphatic rings. The highest BCUT2D eigenvalue weighted by Crippen LogP contribution is 2.31. The summed E-state index contributed by atoms with van der Waals surface area (Å²) in [5.41, 5.74) is 2.23. The van der Waals surface area contributed by atoms with Crippen molar-refractivity contribution in [3.05, 3.63) is 70.7 Å². The molecule has 1 atom stereocenters. The van der Waals surface area contributed by atoms with Crippen LogP contribution in [0.2, 0.25) is 5.02 Å². The summed E-state index contributed by atoms with van der Waals surface area (Å²) in [5, 5.41) is 0.753. The molecule has 1 aliphatic heterocycles. The summed E-state index contributed by atoms with van der Waals surface area (Å²) in [6, 6.07) is 18.9. The molecule has 1 heterocycles. The van der Waals surface area contributed by atoms with Gasteiger partial charge in [0.25, 0.3) is 0 Å². The number of piperazine rings is 1. The number of carbonyl (C=O) groups excluding carboxylic acids is 1. The van der Waals surface area contributed by atoms with Gasteiger partial charge in [-0.25, -0.2) is 0 Å². The highest BCUT2D eigenvalue weighted by atomic mass is 35.5. The number of hydrogen-bond acceptors (Lipinski definition) is 2. The molecule has 4 heteroatoms. The quantitative estimate of drug-likeness (QED) is 0.723. The Morgan fingerprint density at radius 1 is 0.963 bits per heavy atom. The number of amides is 1. The number of carbonyl (C=O) groups is 1. The van der Waals surface area contributed by atoms with E-state index in [1.54, 1.807) is 0 Å². The number of nitrogens with zero attached hydrogens (tertiary/aromatic N) is 2. The lowest BCUT2D eigenvalue weighted by atomic mass is 9.88. The zero-order valence-electron chi connectivity index (χ0n) is 16.5. The standard InChI is InChI=1S/C23H29ClN2O/c1-4-23(2,3)22(27)26-16-14-25(15-17-26)21(18-8-6-5-7-9-18)19-10-12-20(24)13-11-19/h5-13,21H,4,14-17H2,1-3H3. The largest absolute Gasteiger partial charge is 0.340 e. The molecule has 0 bridgehead atoms. The summed E-state index contributed by atoms with van der Waals surface area (Å²) in [5.74, 6) is 0.271. The maximum absolute atomic E-state index is 12.8. The molecule has 0 saturated carbocycles. The molecule has 1 unspecified atom stereocenters. The van der Waals surface area contributed by atoms with Crippen LogP contribution in [0.25, 0.3) is 0 Å². The van der Waals surface area contributed by atoms with Gasteiger partial charge in [-0.2, -0.15) is 0 Å². The van der Waals surface area contributed by atoms with E-state index >= 15 is 0 Å². The molecule has 144 valence electrons. The predicted octanol–water partition coefficient (Wildman–Crippen LogP) is 5.01. The molecule has 0 radical (unpaired) electrons. The molecule has 2 aromatic rings. The summed E-state index contributed by atoms with van der Waals surface area (Å²) < 4.78 is 0. The fourth-order valence-corrected chi connectivity index (χ4v) is 3.78. The van der Waals surface area contributed by atoms with E-state index in [0.29, 0.717) is 0 Å². The van der Waals surface area contributed by atoms with Gasteiger partial charge in [-0.05, 0) is 29.7 Å². The molecule has 0 aromatic heterocycles. The first kappa shape index (κ1) is 19.9. The molecular formula is C23H29ClN2O. The molecule has 3 rings (SSSR count). The van der Waals surface area contributed by atoms with Crippen molar-refractivity contribution >= 4 is 17.5 Å². The van der Waals surface area contributed by atoms with Crippen molar-refractivity contribution in [3.8, 4) is 0 Å². The zero-order chi connectivity index (χ0) is 19.4. The van der Waals surface area contributed by atoms with Gasteiger partial charge in [0, 0.05) is 36.6 Å². The average Bonchev–Trinajstić information content (AvgIpc) is 2.70. The lowest BCUT2D eigenvalue weighted by Gasteiger charge is -2.42. The van der Waals surface area contributed by atoms with Gasteiger partial charge in [0.1, 0.15) is 0 Å². The molecular weight excluding hydrogens is 356 g/mol. The van der Waals surface area contributed by atoms with Crippen molar-refractivity contribution in [2.24, 2.45) is 5.41 Å². The summed E-state index contributed by atoms with van der Waals surface area (Å²) in [6.45, 7) is 9.46. The number of halogens is 1. The molecule has 27 heavy (non-hydrogen) atoms. The van der Waals surface area contributed by atoms with Gasteiger partial charge in [0.05, 0.1) is 6.04 Å². The Morgan fingerprint density at radius 3 is 2.07 bits per heavy atom. The first-order chi connectivity index (χ1) is 12.9. The number of benzene rings is 2. The van der Waals surface area contributed by atoms with E-state index in [-0.39, 0.29) is 17.4 Å². The second-order valence-corrected chi connectivity index (χ2v) is 8.37. The van der Waals surface area contributed by atoms with Crippen LogP contribution < -0.4 is 0 Å². The normalized spacial score (nSPS) is 17.0. The predicted molar refractivity (Wildman–Crippen MR) is 112 cm³/mol. The fourth-order valence-electron chi connectivity index (χ4n) is 3.66. The number of hydrogen-bond donors (Lipinski definition) is 0. The van der Waals surface area contributed by atoms with Crippen LogP contribution in [0.5, 0.6) is 0 Å². The van der Waals surface area contributed by atoms with Crippen LogP contribution in [0.4, 0.5) is 0 Å². The van der Waals surface area contributed by atoms with Crippen LogP contribution in [0.15, 0.2) is 54.6 Å². The van der Waals surface area contributed by atoms with Crippen LogP contribution in [0.1, 0.15) is 44.4 Å². The van der Waals surface area contributed by atoms with E-state index < -0.39 is 0 Å². The van der Waals surface area contributed by atoms with E-state index in [1.807, 2.05) is 36.9 Å². The molecule has 0 N–H and O–H groups in total. The summed E-state index contributed by atoms with van der Waals surface area (Å²) in [4.78, 5) is 17.3. The van der Waals surface area contributed by atoms with Crippen LogP contribution in [-0.2, 0) is 4.79 Å². The SMILES string of the molecule is CCC(C)(C)C(=O)N1CCN(C(c2ccccc2)c2ccc(Cl)cc2)CC1.